The first-order chi connectivity index (χ1) is 12.7. The summed E-state index contributed by atoms with van der Waals surface area (Å²) in [6.07, 6.45) is 2.23. The third-order valence-corrected chi connectivity index (χ3v) is 4.41. The van der Waals surface area contributed by atoms with Crippen LogP contribution in [-0.2, 0) is 13.0 Å². The number of hydrogen-bond acceptors (Lipinski definition) is 4. The Labute approximate surface area is 150 Å². The van der Waals surface area contributed by atoms with Crippen LogP contribution in [0.1, 0.15) is 21.6 Å². The fourth-order valence-corrected chi connectivity index (χ4v) is 3.05. The van der Waals surface area contributed by atoms with Crippen molar-refractivity contribution < 1.29 is 9.18 Å². The summed E-state index contributed by atoms with van der Waals surface area (Å²) in [5, 5.41) is 3.14. The number of nitrogens with one attached hydrogen (secondary N) is 1. The smallest absolute Gasteiger partial charge is 0.277 e. The minimum Gasteiger partial charge on any atom is -0.366 e. The van der Waals surface area contributed by atoms with E-state index in [2.05, 4.69) is 15.3 Å². The molecule has 1 aliphatic rings. The number of nitrogens with zero attached hydrogens (tertiary/aromatic N) is 3. The van der Waals surface area contributed by atoms with Crippen LogP contribution in [0.4, 0.5) is 15.9 Å². The fourth-order valence-electron chi connectivity index (χ4n) is 3.05. The van der Waals surface area contributed by atoms with E-state index in [1.54, 1.807) is 23.1 Å². The van der Waals surface area contributed by atoms with Gasteiger partial charge in [-0.1, -0.05) is 30.3 Å². The van der Waals surface area contributed by atoms with Crippen LogP contribution in [-0.4, -0.2) is 22.4 Å². The number of hydrogen-bond donors (Lipinski definition) is 1. The average Bonchev–Trinajstić information content (AvgIpc) is 3.11. The van der Waals surface area contributed by atoms with Crippen molar-refractivity contribution >= 4 is 17.4 Å². The number of benzene rings is 2. The summed E-state index contributed by atoms with van der Waals surface area (Å²) in [6, 6.07) is 15.8. The number of amides is 1. The molecule has 0 radical (unpaired) electrons. The summed E-state index contributed by atoms with van der Waals surface area (Å²) in [5.41, 5.74) is 3.38. The molecular formula is C20H17FN4O. The minimum absolute atomic E-state index is 0.137. The lowest BCUT2D eigenvalue weighted by Crippen LogP contribution is -2.29. The first-order valence-electron chi connectivity index (χ1n) is 8.41. The maximum absolute atomic E-state index is 13.0. The number of fused-ring (bicyclic) bond motifs is 1. The first kappa shape index (κ1) is 16.2. The van der Waals surface area contributed by atoms with Crippen molar-refractivity contribution in [3.05, 3.63) is 83.6 Å². The van der Waals surface area contributed by atoms with E-state index in [4.69, 9.17) is 0 Å². The Balaban J connectivity index is 1.49. The van der Waals surface area contributed by atoms with Gasteiger partial charge in [0.1, 0.15) is 23.7 Å². The lowest BCUT2D eigenvalue weighted by atomic mass is 10.2. The van der Waals surface area contributed by atoms with E-state index in [0.29, 0.717) is 24.6 Å². The molecular weight excluding hydrogens is 331 g/mol. The highest BCUT2D eigenvalue weighted by Gasteiger charge is 2.26. The highest BCUT2D eigenvalue weighted by molar-refractivity contribution is 6.06. The summed E-state index contributed by atoms with van der Waals surface area (Å²) in [6.45, 7) is 1.14. The summed E-state index contributed by atoms with van der Waals surface area (Å²) < 4.78 is 13.0. The monoisotopic (exact) mass is 348 g/mol. The van der Waals surface area contributed by atoms with Crippen molar-refractivity contribution in [3.8, 4) is 0 Å². The summed E-state index contributed by atoms with van der Waals surface area (Å²) in [4.78, 5) is 22.9. The van der Waals surface area contributed by atoms with Crippen molar-refractivity contribution in [3.63, 3.8) is 0 Å². The third kappa shape index (κ3) is 3.26. The highest BCUT2D eigenvalue weighted by atomic mass is 19.1. The molecule has 3 aromatic rings. The van der Waals surface area contributed by atoms with Crippen molar-refractivity contribution in [1.82, 2.24) is 9.97 Å². The van der Waals surface area contributed by atoms with E-state index in [0.717, 1.165) is 17.7 Å². The van der Waals surface area contributed by atoms with Crippen molar-refractivity contribution in [2.45, 2.75) is 13.0 Å². The Morgan fingerprint density at radius 2 is 1.92 bits per heavy atom. The number of halogens is 1. The van der Waals surface area contributed by atoms with Gasteiger partial charge in [0.15, 0.2) is 0 Å². The quantitative estimate of drug-likeness (QED) is 0.785. The maximum atomic E-state index is 13.0. The number of carbonyl (C=O) groups excluding carboxylic acids is 1. The lowest BCUT2D eigenvalue weighted by molar-refractivity contribution is 0.0984. The van der Waals surface area contributed by atoms with Crippen LogP contribution in [0.15, 0.2) is 60.9 Å². The number of aromatic nitrogens is 2. The molecule has 1 amide bonds. The standard InChI is InChI=1S/C20H17FN4O/c21-16-7-5-14(6-8-16)12-22-19-11-17(23-13-24-19)20(26)25-10-9-15-3-1-2-4-18(15)25/h1-8,11,13H,9-10,12H2,(H,22,23,24). The van der Waals surface area contributed by atoms with Gasteiger partial charge >= 0.3 is 0 Å². The SMILES string of the molecule is O=C(c1cc(NCc2ccc(F)cc2)ncn1)N1CCc2ccccc21. The molecule has 5 nitrogen and oxygen atoms in total. The van der Waals surface area contributed by atoms with Crippen LogP contribution in [0.5, 0.6) is 0 Å². The van der Waals surface area contributed by atoms with Gasteiger partial charge in [-0.05, 0) is 35.7 Å². The molecule has 2 heterocycles. The van der Waals surface area contributed by atoms with Crippen LogP contribution in [0.3, 0.4) is 0 Å². The van der Waals surface area contributed by atoms with Gasteiger partial charge < -0.3 is 10.2 Å². The molecule has 1 aromatic heterocycles. The Kier molecular flexibility index (Phi) is 4.31. The van der Waals surface area contributed by atoms with E-state index in [1.165, 1.54) is 24.0 Å². The molecule has 0 unspecified atom stereocenters. The second-order valence-electron chi connectivity index (χ2n) is 6.10. The zero-order valence-electron chi connectivity index (χ0n) is 14.0. The highest BCUT2D eigenvalue weighted by Crippen LogP contribution is 2.28. The molecule has 0 fully saturated rings. The summed E-state index contributed by atoms with van der Waals surface area (Å²) >= 11 is 0. The number of para-hydroxylation sites is 1. The van der Waals surface area contributed by atoms with Gasteiger partial charge in [-0.25, -0.2) is 14.4 Å². The van der Waals surface area contributed by atoms with Gasteiger partial charge in [0.05, 0.1) is 0 Å². The second-order valence-corrected chi connectivity index (χ2v) is 6.10. The molecule has 0 saturated heterocycles. The third-order valence-electron chi connectivity index (χ3n) is 4.41. The first-order valence-corrected chi connectivity index (χ1v) is 8.41. The molecule has 1 aliphatic heterocycles. The zero-order chi connectivity index (χ0) is 17.9. The van der Waals surface area contributed by atoms with E-state index in [1.807, 2.05) is 24.3 Å². The molecule has 0 bridgehead atoms. The normalized spacial score (nSPS) is 12.7. The van der Waals surface area contributed by atoms with Gasteiger partial charge in [0, 0.05) is 24.8 Å². The number of carbonyl (C=O) groups is 1. The average molecular weight is 348 g/mol. The topological polar surface area (TPSA) is 58.1 Å². The van der Waals surface area contributed by atoms with Crippen molar-refractivity contribution in [2.24, 2.45) is 0 Å². The van der Waals surface area contributed by atoms with E-state index in [-0.39, 0.29) is 11.7 Å². The van der Waals surface area contributed by atoms with Gasteiger partial charge in [-0.3, -0.25) is 4.79 Å². The predicted octanol–water partition coefficient (Wildman–Crippen LogP) is 3.43. The Hall–Kier alpha value is -3.28. The number of rotatable bonds is 4. The Bertz CT molecular complexity index is 943. The van der Waals surface area contributed by atoms with Crippen LogP contribution in [0, 0.1) is 5.82 Å². The predicted molar refractivity (Wildman–Crippen MR) is 97.6 cm³/mol. The van der Waals surface area contributed by atoms with Crippen molar-refractivity contribution in [2.75, 3.05) is 16.8 Å². The summed E-state index contributed by atoms with van der Waals surface area (Å²) in [5.74, 6) is 0.150. The largest absolute Gasteiger partial charge is 0.366 e. The van der Waals surface area contributed by atoms with Crippen LogP contribution in [0.25, 0.3) is 0 Å². The van der Waals surface area contributed by atoms with Crippen LogP contribution < -0.4 is 10.2 Å². The maximum Gasteiger partial charge on any atom is 0.277 e. The van der Waals surface area contributed by atoms with Crippen LogP contribution in [0.2, 0.25) is 0 Å². The molecule has 1 N–H and O–H groups in total. The molecule has 0 saturated carbocycles. The Morgan fingerprint density at radius 3 is 2.77 bits per heavy atom. The molecule has 6 heteroatoms. The van der Waals surface area contributed by atoms with Gasteiger partial charge in [0.25, 0.3) is 5.91 Å². The molecule has 130 valence electrons. The number of anilines is 2. The van der Waals surface area contributed by atoms with Crippen LogP contribution >= 0.6 is 0 Å². The Morgan fingerprint density at radius 1 is 1.12 bits per heavy atom. The molecule has 2 aromatic carbocycles. The fraction of sp³-hybridized carbons (Fsp3) is 0.150. The van der Waals surface area contributed by atoms with E-state index in [9.17, 15) is 9.18 Å². The van der Waals surface area contributed by atoms with E-state index < -0.39 is 0 Å². The van der Waals surface area contributed by atoms with E-state index >= 15 is 0 Å². The second kappa shape index (κ2) is 6.92. The minimum atomic E-state index is -0.269. The van der Waals surface area contributed by atoms with Gasteiger partial charge in [0.2, 0.25) is 0 Å². The summed E-state index contributed by atoms with van der Waals surface area (Å²) in [7, 11) is 0. The molecule has 0 atom stereocenters. The van der Waals surface area contributed by atoms with Gasteiger partial charge in [-0.2, -0.15) is 0 Å². The molecule has 0 spiro atoms. The van der Waals surface area contributed by atoms with Gasteiger partial charge in [-0.15, -0.1) is 0 Å². The van der Waals surface area contributed by atoms with Crippen molar-refractivity contribution in [1.29, 1.82) is 0 Å². The molecule has 26 heavy (non-hydrogen) atoms. The zero-order valence-corrected chi connectivity index (χ0v) is 14.0. The molecule has 4 rings (SSSR count). The molecule has 0 aliphatic carbocycles. The lowest BCUT2D eigenvalue weighted by Gasteiger charge is -2.17.